The van der Waals surface area contributed by atoms with E-state index in [1.54, 1.807) is 6.07 Å². The number of urea groups is 1. The predicted octanol–water partition coefficient (Wildman–Crippen LogP) is 4.20. The van der Waals surface area contributed by atoms with Crippen molar-refractivity contribution in [1.82, 2.24) is 30.0 Å². The van der Waals surface area contributed by atoms with Crippen molar-refractivity contribution >= 4 is 11.7 Å². The molecule has 2 aromatic heterocycles. The Labute approximate surface area is 186 Å². The predicted molar refractivity (Wildman–Crippen MR) is 101 cm³/mol. The summed E-state index contributed by atoms with van der Waals surface area (Å²) in [6.07, 6.45) is -10.4. The normalized spacial score (nSPS) is 13.0. The number of carbonyl (C=O) groups is 1. The van der Waals surface area contributed by atoms with Gasteiger partial charge in [-0.2, -0.15) is 40.5 Å². The van der Waals surface area contributed by atoms with Crippen molar-refractivity contribution in [2.75, 3.05) is 5.32 Å². The van der Waals surface area contributed by atoms with Crippen molar-refractivity contribution in [1.29, 1.82) is 0 Å². The molecule has 2 amide bonds. The van der Waals surface area contributed by atoms with Gasteiger partial charge in [0.1, 0.15) is 6.33 Å². The average Bonchev–Trinajstić information content (AvgIpc) is 3.24. The number of hydrogen-bond acceptors (Lipinski definition) is 6. The molecule has 0 saturated heterocycles. The number of rotatable bonds is 7. The Morgan fingerprint density at radius 1 is 1.09 bits per heavy atom. The molecule has 9 nitrogen and oxygen atoms in total. The van der Waals surface area contributed by atoms with Gasteiger partial charge in [0.05, 0.1) is 17.3 Å². The van der Waals surface area contributed by atoms with Crippen LogP contribution in [0.2, 0.25) is 0 Å². The Morgan fingerprint density at radius 3 is 2.38 bits per heavy atom. The lowest BCUT2D eigenvalue weighted by Gasteiger charge is -2.21. The van der Waals surface area contributed by atoms with Crippen molar-refractivity contribution < 1.29 is 40.3 Å². The van der Waals surface area contributed by atoms with E-state index in [-0.39, 0.29) is 17.8 Å². The van der Waals surface area contributed by atoms with Crippen LogP contribution in [0.15, 0.2) is 43.0 Å². The van der Waals surface area contributed by atoms with Crippen LogP contribution in [0.5, 0.6) is 5.75 Å². The van der Waals surface area contributed by atoms with Crippen molar-refractivity contribution in [2.24, 2.45) is 0 Å². The van der Waals surface area contributed by atoms with Crippen molar-refractivity contribution in [3.05, 3.63) is 54.4 Å². The fraction of sp³-hybridized carbons (Fsp3) is 0.278. The lowest BCUT2D eigenvalue weighted by Crippen LogP contribution is -2.35. The van der Waals surface area contributed by atoms with Gasteiger partial charge in [-0.3, -0.25) is 0 Å². The third kappa shape index (κ3) is 5.68. The van der Waals surface area contributed by atoms with Crippen LogP contribution in [0.1, 0.15) is 24.4 Å². The summed E-state index contributed by atoms with van der Waals surface area (Å²) in [4.78, 5) is 24.3. The van der Waals surface area contributed by atoms with Crippen LogP contribution in [-0.4, -0.2) is 43.3 Å². The second-order valence-electron chi connectivity index (χ2n) is 6.57. The molecular formula is C18H14F7N7O2. The van der Waals surface area contributed by atoms with Gasteiger partial charge in [-0.15, -0.1) is 0 Å². The molecule has 3 rings (SSSR count). The largest absolute Gasteiger partial charge is 0.461 e. The lowest BCUT2D eigenvalue weighted by atomic mass is 10.2. The minimum Gasteiger partial charge on any atom is -0.426 e. The smallest absolute Gasteiger partial charge is 0.426 e. The van der Waals surface area contributed by atoms with E-state index in [4.69, 9.17) is 0 Å². The standard InChI is InChI=1S/C18H14F7N7O2/c1-9(13-28-8-29-32(13)15-26-5-2-6-27-15)30-16(33)31-11-4-3-10(17(21,22)23)7-12(11)34-18(24,25)14(19)20/h2-9,14H,1H3,(H2,30,31,33). The second-order valence-corrected chi connectivity index (χ2v) is 6.57. The molecule has 0 fully saturated rings. The van der Waals surface area contributed by atoms with E-state index in [2.05, 4.69) is 30.1 Å². The molecule has 16 heteroatoms. The maximum Gasteiger partial charge on any atom is 0.461 e. The molecule has 0 aliphatic rings. The number of nitrogens with one attached hydrogen (secondary N) is 2. The summed E-state index contributed by atoms with van der Waals surface area (Å²) in [5.74, 6) is -1.05. The highest BCUT2D eigenvalue weighted by Gasteiger charge is 2.45. The van der Waals surface area contributed by atoms with Gasteiger partial charge in [-0.1, -0.05) is 0 Å². The first-order chi connectivity index (χ1) is 15.9. The third-order valence-corrected chi connectivity index (χ3v) is 4.11. The second kappa shape index (κ2) is 9.48. The van der Waals surface area contributed by atoms with Crippen LogP contribution in [0.25, 0.3) is 5.95 Å². The zero-order chi connectivity index (χ0) is 25.1. The molecule has 182 valence electrons. The molecule has 2 N–H and O–H groups in total. The van der Waals surface area contributed by atoms with Crippen molar-refractivity contribution in [3.8, 4) is 11.7 Å². The van der Waals surface area contributed by atoms with Crippen LogP contribution in [0.4, 0.5) is 41.2 Å². The van der Waals surface area contributed by atoms with E-state index < -0.39 is 47.8 Å². The maximum absolute atomic E-state index is 13.4. The third-order valence-electron chi connectivity index (χ3n) is 4.11. The van der Waals surface area contributed by atoms with Crippen LogP contribution in [0.3, 0.4) is 0 Å². The van der Waals surface area contributed by atoms with E-state index in [0.29, 0.717) is 12.1 Å². The van der Waals surface area contributed by atoms with Gasteiger partial charge < -0.3 is 15.4 Å². The Kier molecular flexibility index (Phi) is 6.88. The highest BCUT2D eigenvalue weighted by Crippen LogP contribution is 2.38. The number of nitrogens with zero attached hydrogens (tertiary/aromatic N) is 5. The summed E-state index contributed by atoms with van der Waals surface area (Å²) in [5.41, 5.74) is -2.17. The van der Waals surface area contributed by atoms with E-state index in [0.717, 1.165) is 6.33 Å². The van der Waals surface area contributed by atoms with E-state index in [1.807, 2.05) is 5.32 Å². The number of carbonyl (C=O) groups excluding carboxylic acids is 1. The quantitative estimate of drug-likeness (QED) is 0.478. The first-order valence-electron chi connectivity index (χ1n) is 9.19. The highest BCUT2D eigenvalue weighted by molar-refractivity contribution is 5.91. The van der Waals surface area contributed by atoms with E-state index in [1.165, 1.54) is 24.0 Å². The number of hydrogen-bond donors (Lipinski definition) is 2. The molecule has 1 aromatic carbocycles. The number of aromatic nitrogens is 5. The molecule has 0 bridgehead atoms. The summed E-state index contributed by atoms with van der Waals surface area (Å²) in [6, 6.07) is 0.670. The average molecular weight is 493 g/mol. The van der Waals surface area contributed by atoms with Crippen molar-refractivity contribution in [3.63, 3.8) is 0 Å². The van der Waals surface area contributed by atoms with Gasteiger partial charge in [-0.25, -0.2) is 19.7 Å². The lowest BCUT2D eigenvalue weighted by molar-refractivity contribution is -0.253. The van der Waals surface area contributed by atoms with Gasteiger partial charge in [0.2, 0.25) is 0 Å². The van der Waals surface area contributed by atoms with E-state index >= 15 is 0 Å². The van der Waals surface area contributed by atoms with Gasteiger partial charge in [-0.05, 0) is 31.2 Å². The van der Waals surface area contributed by atoms with Gasteiger partial charge >= 0.3 is 24.7 Å². The molecule has 1 unspecified atom stereocenters. The van der Waals surface area contributed by atoms with Crippen LogP contribution in [-0.2, 0) is 6.18 Å². The fourth-order valence-corrected chi connectivity index (χ4v) is 2.60. The first-order valence-corrected chi connectivity index (χ1v) is 9.19. The minimum atomic E-state index is -5.11. The Morgan fingerprint density at radius 2 is 1.76 bits per heavy atom. The molecule has 2 heterocycles. The Bertz CT molecular complexity index is 1140. The first kappa shape index (κ1) is 24.7. The molecule has 0 aliphatic carbocycles. The molecule has 34 heavy (non-hydrogen) atoms. The Hall–Kier alpha value is -3.98. The highest BCUT2D eigenvalue weighted by atomic mass is 19.4. The molecule has 0 saturated carbocycles. The van der Waals surface area contributed by atoms with Gasteiger partial charge in [0.25, 0.3) is 5.95 Å². The number of benzene rings is 1. The topological polar surface area (TPSA) is 107 Å². The summed E-state index contributed by atoms with van der Waals surface area (Å²) < 4.78 is 95.6. The number of ether oxygens (including phenoxy) is 1. The molecule has 0 spiro atoms. The number of amides is 2. The van der Waals surface area contributed by atoms with E-state index in [9.17, 15) is 35.5 Å². The molecule has 0 aliphatic heterocycles. The Balaban J connectivity index is 1.81. The zero-order valence-electron chi connectivity index (χ0n) is 16.9. The summed E-state index contributed by atoms with van der Waals surface area (Å²) in [7, 11) is 0. The maximum atomic E-state index is 13.4. The number of anilines is 1. The van der Waals surface area contributed by atoms with Crippen molar-refractivity contribution in [2.45, 2.75) is 31.7 Å². The summed E-state index contributed by atoms with van der Waals surface area (Å²) >= 11 is 0. The SMILES string of the molecule is CC(NC(=O)Nc1ccc(C(F)(F)F)cc1OC(F)(F)C(F)F)c1ncnn1-c1ncccn1. The molecular weight excluding hydrogens is 479 g/mol. The zero-order valence-corrected chi connectivity index (χ0v) is 16.9. The molecule has 0 radical (unpaired) electrons. The fourth-order valence-electron chi connectivity index (χ4n) is 2.60. The van der Waals surface area contributed by atoms with Crippen LogP contribution >= 0.6 is 0 Å². The van der Waals surface area contributed by atoms with Crippen LogP contribution < -0.4 is 15.4 Å². The summed E-state index contributed by atoms with van der Waals surface area (Å²) in [6.45, 7) is 1.46. The van der Waals surface area contributed by atoms with Gasteiger partial charge in [0.15, 0.2) is 11.6 Å². The molecule has 1 atom stereocenters. The number of alkyl halides is 7. The summed E-state index contributed by atoms with van der Waals surface area (Å²) in [5, 5.41) is 8.28. The number of halogens is 7. The molecule has 3 aromatic rings. The van der Waals surface area contributed by atoms with Gasteiger partial charge in [0, 0.05) is 12.4 Å². The monoisotopic (exact) mass is 493 g/mol. The minimum absolute atomic E-state index is 0.0682. The van der Waals surface area contributed by atoms with Crippen LogP contribution in [0, 0.1) is 0 Å².